The lowest BCUT2D eigenvalue weighted by atomic mass is 10.2. The minimum atomic E-state index is -0.438. The summed E-state index contributed by atoms with van der Waals surface area (Å²) in [5, 5.41) is 4.81. The van der Waals surface area contributed by atoms with Gasteiger partial charge in [-0.1, -0.05) is 22.0 Å². The molecule has 0 aliphatic rings. The molecule has 1 amide bonds. The number of nitrogens with one attached hydrogen (secondary N) is 1. The van der Waals surface area contributed by atoms with Crippen LogP contribution in [0.2, 0.25) is 0 Å². The molecule has 2 aromatic carbocycles. The van der Waals surface area contributed by atoms with Crippen LogP contribution in [-0.4, -0.2) is 21.3 Å². The lowest BCUT2D eigenvalue weighted by Crippen LogP contribution is -2.19. The fraction of sp³-hybridized carbons (Fsp3) is 0.105. The number of carbonyl (C=O) groups is 1. The number of rotatable bonds is 3. The molecule has 0 saturated heterocycles. The fourth-order valence-electron chi connectivity index (χ4n) is 2.95. The van der Waals surface area contributed by atoms with Crippen LogP contribution in [0.4, 0.5) is 0 Å². The predicted octanol–water partition coefficient (Wildman–Crippen LogP) is 3.15. The van der Waals surface area contributed by atoms with Crippen molar-refractivity contribution in [3.8, 4) is 0 Å². The lowest BCUT2D eigenvalue weighted by molar-refractivity contribution is 0.0929. The van der Waals surface area contributed by atoms with Crippen molar-refractivity contribution in [1.82, 2.24) is 14.6 Å². The Balaban J connectivity index is 1.54. The zero-order valence-electron chi connectivity index (χ0n) is 14.6. The number of halogens is 1. The molecular weight excluding hydrogens is 412 g/mol. The Morgan fingerprint density at radius 2 is 1.89 bits per heavy atom. The molecular formula is C19H15BrN4O3. The fourth-order valence-corrected chi connectivity index (χ4v) is 3.33. The molecule has 2 heterocycles. The third-order valence-electron chi connectivity index (χ3n) is 4.38. The monoisotopic (exact) mass is 426 g/mol. The van der Waals surface area contributed by atoms with Crippen molar-refractivity contribution in [3.05, 3.63) is 68.7 Å². The van der Waals surface area contributed by atoms with Crippen LogP contribution in [0.5, 0.6) is 0 Å². The van der Waals surface area contributed by atoms with Crippen molar-refractivity contribution >= 4 is 50.1 Å². The quantitative estimate of drug-likeness (QED) is 0.403. The molecule has 0 aliphatic carbocycles. The van der Waals surface area contributed by atoms with Crippen LogP contribution in [0.1, 0.15) is 16.1 Å². The number of benzene rings is 2. The highest BCUT2D eigenvalue weighted by Crippen LogP contribution is 2.23. The van der Waals surface area contributed by atoms with Gasteiger partial charge in [0, 0.05) is 24.0 Å². The molecule has 0 aliphatic heterocycles. The van der Waals surface area contributed by atoms with Crippen LogP contribution in [0.25, 0.3) is 22.0 Å². The zero-order chi connectivity index (χ0) is 19.1. The van der Waals surface area contributed by atoms with Crippen molar-refractivity contribution in [3.63, 3.8) is 0 Å². The smallest absolute Gasteiger partial charge is 0.328 e. The van der Waals surface area contributed by atoms with Gasteiger partial charge in [0.2, 0.25) is 0 Å². The summed E-state index contributed by atoms with van der Waals surface area (Å²) in [5.74, 6) is -0.257. The molecule has 0 saturated carbocycles. The Hall–Kier alpha value is -3.13. The first-order valence-corrected chi connectivity index (χ1v) is 8.91. The number of furan rings is 1. The van der Waals surface area contributed by atoms with E-state index in [4.69, 9.17) is 4.42 Å². The third kappa shape index (κ3) is 3.08. The number of aromatic nitrogens is 2. The van der Waals surface area contributed by atoms with E-state index in [9.17, 15) is 9.59 Å². The summed E-state index contributed by atoms with van der Waals surface area (Å²) in [6, 6.07) is 12.7. The van der Waals surface area contributed by atoms with Crippen LogP contribution in [-0.2, 0) is 14.1 Å². The number of hydrazone groups is 1. The number of carbonyl (C=O) groups excluding carboxylic acids is 1. The Kier molecular flexibility index (Phi) is 4.19. The molecule has 7 nitrogen and oxygen atoms in total. The number of fused-ring (bicyclic) bond motifs is 2. The second kappa shape index (κ2) is 6.55. The molecule has 136 valence electrons. The number of nitrogens with zero attached hydrogens (tertiary/aromatic N) is 3. The molecule has 1 N–H and O–H groups in total. The Labute approximate surface area is 162 Å². The van der Waals surface area contributed by atoms with Gasteiger partial charge in [0.15, 0.2) is 5.76 Å². The first-order valence-electron chi connectivity index (χ1n) is 8.12. The Morgan fingerprint density at radius 1 is 1.11 bits per heavy atom. The van der Waals surface area contributed by atoms with E-state index in [1.807, 2.05) is 30.3 Å². The molecule has 4 rings (SSSR count). The van der Waals surface area contributed by atoms with Crippen LogP contribution >= 0.6 is 15.9 Å². The number of aryl methyl sites for hydroxylation is 2. The number of amides is 1. The average molecular weight is 427 g/mol. The molecule has 4 aromatic rings. The second-order valence-corrected chi connectivity index (χ2v) is 7.06. The summed E-state index contributed by atoms with van der Waals surface area (Å²) in [4.78, 5) is 24.2. The largest absolute Gasteiger partial charge is 0.451 e. The van der Waals surface area contributed by atoms with Gasteiger partial charge in [0.25, 0.3) is 0 Å². The third-order valence-corrected chi connectivity index (χ3v) is 4.87. The zero-order valence-corrected chi connectivity index (χ0v) is 16.1. The molecule has 0 radical (unpaired) electrons. The van der Waals surface area contributed by atoms with Crippen molar-refractivity contribution in [1.29, 1.82) is 0 Å². The van der Waals surface area contributed by atoms with Gasteiger partial charge in [-0.25, -0.2) is 10.2 Å². The molecule has 27 heavy (non-hydrogen) atoms. The second-order valence-electron chi connectivity index (χ2n) is 6.14. The molecule has 8 heteroatoms. The summed E-state index contributed by atoms with van der Waals surface area (Å²) in [6.45, 7) is 0. The van der Waals surface area contributed by atoms with Gasteiger partial charge in [-0.2, -0.15) is 5.10 Å². The van der Waals surface area contributed by atoms with E-state index < -0.39 is 5.91 Å². The maximum absolute atomic E-state index is 12.2. The maximum Gasteiger partial charge on any atom is 0.328 e. The van der Waals surface area contributed by atoms with Gasteiger partial charge >= 0.3 is 11.6 Å². The van der Waals surface area contributed by atoms with E-state index in [0.29, 0.717) is 5.58 Å². The molecule has 0 spiro atoms. The van der Waals surface area contributed by atoms with Crippen LogP contribution < -0.4 is 11.1 Å². The van der Waals surface area contributed by atoms with Gasteiger partial charge < -0.3 is 4.42 Å². The normalized spacial score (nSPS) is 11.7. The van der Waals surface area contributed by atoms with Crippen LogP contribution in [0, 0.1) is 0 Å². The topological polar surface area (TPSA) is 81.5 Å². The maximum atomic E-state index is 12.2. The minimum absolute atomic E-state index is 0.0936. The highest BCUT2D eigenvalue weighted by Gasteiger charge is 2.12. The predicted molar refractivity (Wildman–Crippen MR) is 107 cm³/mol. The highest BCUT2D eigenvalue weighted by molar-refractivity contribution is 9.10. The summed E-state index contributed by atoms with van der Waals surface area (Å²) in [7, 11) is 3.44. The lowest BCUT2D eigenvalue weighted by Gasteiger charge is -1.98. The number of hydrogen-bond donors (Lipinski definition) is 1. The van der Waals surface area contributed by atoms with E-state index in [1.165, 1.54) is 6.21 Å². The van der Waals surface area contributed by atoms with Gasteiger partial charge in [0.05, 0.1) is 17.2 Å². The molecule has 0 fully saturated rings. The minimum Gasteiger partial charge on any atom is -0.451 e. The first-order chi connectivity index (χ1) is 12.9. The van der Waals surface area contributed by atoms with E-state index in [2.05, 4.69) is 26.5 Å². The summed E-state index contributed by atoms with van der Waals surface area (Å²) in [6.07, 6.45) is 1.52. The van der Waals surface area contributed by atoms with E-state index in [0.717, 1.165) is 26.5 Å². The molecule has 0 bridgehead atoms. The Morgan fingerprint density at radius 3 is 2.70 bits per heavy atom. The summed E-state index contributed by atoms with van der Waals surface area (Å²) in [5.41, 5.74) is 5.37. The SMILES string of the molecule is Cn1c(=O)n(C)c2cc(/C=N/NC(=O)c3cc4cc(Br)ccc4o3)ccc21. The van der Waals surface area contributed by atoms with Crippen molar-refractivity contribution in [2.24, 2.45) is 19.2 Å². The van der Waals surface area contributed by atoms with E-state index in [1.54, 1.807) is 35.4 Å². The summed E-state index contributed by atoms with van der Waals surface area (Å²) >= 11 is 3.39. The van der Waals surface area contributed by atoms with Crippen LogP contribution in [0.15, 0.2) is 61.3 Å². The average Bonchev–Trinajstić information content (AvgIpc) is 3.17. The van der Waals surface area contributed by atoms with Gasteiger partial charge in [0.1, 0.15) is 5.58 Å². The first kappa shape index (κ1) is 17.3. The van der Waals surface area contributed by atoms with Crippen LogP contribution in [0.3, 0.4) is 0 Å². The Bertz CT molecular complexity index is 1280. The molecule has 2 aromatic heterocycles. The summed E-state index contributed by atoms with van der Waals surface area (Å²) < 4.78 is 9.59. The molecule has 0 unspecified atom stereocenters. The van der Waals surface area contributed by atoms with Crippen molar-refractivity contribution in [2.75, 3.05) is 0 Å². The van der Waals surface area contributed by atoms with Gasteiger partial charge in [-0.15, -0.1) is 0 Å². The number of imidazole rings is 1. The van der Waals surface area contributed by atoms with E-state index in [-0.39, 0.29) is 11.4 Å². The standard InChI is InChI=1S/C19H15BrN4O3/c1-23-14-5-3-11(7-15(14)24(2)19(23)26)10-21-22-18(25)17-9-12-8-13(20)4-6-16(12)27-17/h3-10H,1-2H3,(H,22,25)/b21-10+. The van der Waals surface area contributed by atoms with E-state index >= 15 is 0 Å². The highest BCUT2D eigenvalue weighted by atomic mass is 79.9. The van der Waals surface area contributed by atoms with Crippen molar-refractivity contribution in [2.45, 2.75) is 0 Å². The number of hydrogen-bond acceptors (Lipinski definition) is 4. The van der Waals surface area contributed by atoms with Crippen molar-refractivity contribution < 1.29 is 9.21 Å². The molecule has 0 atom stereocenters. The van der Waals surface area contributed by atoms with Gasteiger partial charge in [-0.3, -0.25) is 13.9 Å². The van der Waals surface area contributed by atoms with Gasteiger partial charge in [-0.05, 0) is 42.0 Å².